The molecule has 0 aliphatic carbocycles. The molecule has 0 aromatic heterocycles. The average molecular weight is 339 g/mol. The van der Waals surface area contributed by atoms with Gasteiger partial charge in [0.1, 0.15) is 17.5 Å². The summed E-state index contributed by atoms with van der Waals surface area (Å²) in [7, 11) is 2.91. The van der Waals surface area contributed by atoms with Crippen LogP contribution in [0.5, 0.6) is 11.5 Å². The minimum atomic E-state index is -1.12. The van der Waals surface area contributed by atoms with Crippen LogP contribution >= 0.6 is 0 Å². The number of benzene rings is 1. The van der Waals surface area contributed by atoms with E-state index in [1.54, 1.807) is 12.1 Å². The Bertz CT molecular complexity index is 579. The van der Waals surface area contributed by atoms with E-state index in [2.05, 4.69) is 5.32 Å². The van der Waals surface area contributed by atoms with E-state index in [1.807, 2.05) is 20.8 Å². The molecule has 7 heteroatoms. The second kappa shape index (κ2) is 8.54. The van der Waals surface area contributed by atoms with Crippen LogP contribution in [0.3, 0.4) is 0 Å². The third kappa shape index (κ3) is 6.08. The highest BCUT2D eigenvalue weighted by Crippen LogP contribution is 2.24. The molecule has 0 heterocycles. The van der Waals surface area contributed by atoms with Gasteiger partial charge in [0.25, 0.3) is 5.91 Å². The Labute approximate surface area is 141 Å². The molecule has 134 valence electrons. The van der Waals surface area contributed by atoms with Crippen LogP contribution in [0.4, 0.5) is 0 Å². The van der Waals surface area contributed by atoms with Gasteiger partial charge in [0.05, 0.1) is 25.4 Å². The largest absolute Gasteiger partial charge is 0.497 e. The minimum absolute atomic E-state index is 0.157. The number of carbonyl (C=O) groups excluding carboxylic acids is 1. The summed E-state index contributed by atoms with van der Waals surface area (Å²) in [4.78, 5) is 23.8. The fraction of sp³-hybridized carbons (Fsp3) is 0.529. The molecule has 0 saturated heterocycles. The summed E-state index contributed by atoms with van der Waals surface area (Å²) in [6.07, 6.45) is 0.157. The van der Waals surface area contributed by atoms with Gasteiger partial charge in [0.2, 0.25) is 0 Å². The van der Waals surface area contributed by atoms with Gasteiger partial charge in [-0.3, -0.25) is 4.79 Å². The number of ether oxygens (including phenoxy) is 3. The summed E-state index contributed by atoms with van der Waals surface area (Å²) in [5.74, 6) is -0.857. The van der Waals surface area contributed by atoms with Crippen LogP contribution in [0, 0.1) is 0 Å². The first-order valence-corrected chi connectivity index (χ1v) is 7.57. The van der Waals surface area contributed by atoms with Crippen LogP contribution in [0.2, 0.25) is 0 Å². The molecule has 1 rings (SSSR count). The van der Waals surface area contributed by atoms with Crippen LogP contribution in [0.25, 0.3) is 0 Å². The van der Waals surface area contributed by atoms with E-state index in [-0.39, 0.29) is 24.2 Å². The predicted octanol–water partition coefficient (Wildman–Crippen LogP) is 2.09. The van der Waals surface area contributed by atoms with E-state index in [0.717, 1.165) is 0 Å². The zero-order valence-electron chi connectivity index (χ0n) is 14.7. The molecule has 0 fully saturated rings. The smallest absolute Gasteiger partial charge is 0.326 e. The van der Waals surface area contributed by atoms with E-state index in [9.17, 15) is 14.7 Å². The number of amides is 1. The standard InChI is InChI=1S/C17H25NO6/c1-17(2,3)24-9-8-13(16(20)21)18-15(19)12-10-11(22-4)6-7-14(12)23-5/h6-7,10,13H,8-9H2,1-5H3,(H,18,19)(H,20,21). The molecular weight excluding hydrogens is 314 g/mol. The maximum atomic E-state index is 12.4. The molecule has 1 amide bonds. The van der Waals surface area contributed by atoms with E-state index in [0.29, 0.717) is 11.5 Å². The van der Waals surface area contributed by atoms with Crippen molar-refractivity contribution in [1.82, 2.24) is 5.32 Å². The third-order valence-electron chi connectivity index (χ3n) is 3.20. The molecule has 24 heavy (non-hydrogen) atoms. The molecular formula is C17H25NO6. The zero-order chi connectivity index (χ0) is 18.3. The molecule has 0 aliphatic rings. The SMILES string of the molecule is COc1ccc(OC)c(C(=O)NC(CCOC(C)(C)C)C(=O)O)c1. The predicted molar refractivity (Wildman–Crippen MR) is 88.8 cm³/mol. The van der Waals surface area contributed by atoms with Crippen LogP contribution < -0.4 is 14.8 Å². The van der Waals surface area contributed by atoms with Crippen molar-refractivity contribution in [2.75, 3.05) is 20.8 Å². The van der Waals surface area contributed by atoms with Crippen molar-refractivity contribution in [3.8, 4) is 11.5 Å². The lowest BCUT2D eigenvalue weighted by Gasteiger charge is -2.21. The van der Waals surface area contributed by atoms with E-state index < -0.39 is 17.9 Å². The van der Waals surface area contributed by atoms with E-state index in [1.165, 1.54) is 20.3 Å². The molecule has 7 nitrogen and oxygen atoms in total. The summed E-state index contributed by atoms with van der Waals surface area (Å²) in [6.45, 7) is 5.85. The molecule has 0 spiro atoms. The summed E-state index contributed by atoms with van der Waals surface area (Å²) >= 11 is 0. The summed E-state index contributed by atoms with van der Waals surface area (Å²) in [5, 5.41) is 11.8. The highest BCUT2D eigenvalue weighted by atomic mass is 16.5. The van der Waals surface area contributed by atoms with Crippen LogP contribution in [0.15, 0.2) is 18.2 Å². The monoisotopic (exact) mass is 339 g/mol. The van der Waals surface area contributed by atoms with Gasteiger partial charge in [0, 0.05) is 13.0 Å². The molecule has 1 unspecified atom stereocenters. The number of carbonyl (C=O) groups is 2. The van der Waals surface area contributed by atoms with Crippen molar-refractivity contribution in [2.24, 2.45) is 0 Å². The number of carboxylic acid groups (broad SMARTS) is 1. The first-order valence-electron chi connectivity index (χ1n) is 7.57. The highest BCUT2D eigenvalue weighted by Gasteiger charge is 2.23. The topological polar surface area (TPSA) is 94.1 Å². The molecule has 1 aromatic carbocycles. The van der Waals surface area contributed by atoms with Crippen molar-refractivity contribution in [1.29, 1.82) is 0 Å². The second-order valence-electron chi connectivity index (χ2n) is 6.18. The molecule has 0 bridgehead atoms. The minimum Gasteiger partial charge on any atom is -0.497 e. The van der Waals surface area contributed by atoms with Crippen LogP contribution in [-0.4, -0.2) is 49.5 Å². The average Bonchev–Trinajstić information content (AvgIpc) is 2.51. The van der Waals surface area contributed by atoms with E-state index in [4.69, 9.17) is 14.2 Å². The second-order valence-corrected chi connectivity index (χ2v) is 6.18. The van der Waals surface area contributed by atoms with E-state index >= 15 is 0 Å². The first kappa shape index (κ1) is 19.8. The Morgan fingerprint density at radius 1 is 1.21 bits per heavy atom. The molecule has 1 aromatic rings. The van der Waals surface area contributed by atoms with Crippen LogP contribution in [-0.2, 0) is 9.53 Å². The lowest BCUT2D eigenvalue weighted by atomic mass is 10.1. The Kier molecular flexibility index (Phi) is 7.03. The number of carboxylic acids is 1. The molecule has 0 radical (unpaired) electrons. The van der Waals surface area contributed by atoms with Gasteiger partial charge in [0.15, 0.2) is 0 Å². The third-order valence-corrected chi connectivity index (χ3v) is 3.20. The van der Waals surface area contributed by atoms with Gasteiger partial charge in [-0.1, -0.05) is 0 Å². The van der Waals surface area contributed by atoms with Crippen molar-refractivity contribution < 1.29 is 28.9 Å². The van der Waals surface area contributed by atoms with Crippen molar-refractivity contribution in [2.45, 2.75) is 38.8 Å². The number of hydrogen-bond acceptors (Lipinski definition) is 5. The van der Waals surface area contributed by atoms with Gasteiger partial charge in [-0.25, -0.2) is 4.79 Å². The Morgan fingerprint density at radius 2 is 1.88 bits per heavy atom. The number of nitrogens with one attached hydrogen (secondary N) is 1. The Morgan fingerprint density at radius 3 is 2.38 bits per heavy atom. The molecule has 1 atom stereocenters. The lowest BCUT2D eigenvalue weighted by molar-refractivity contribution is -0.140. The van der Waals surface area contributed by atoms with Crippen molar-refractivity contribution >= 4 is 11.9 Å². The summed E-state index contributed by atoms with van der Waals surface area (Å²) in [5.41, 5.74) is -0.164. The number of rotatable bonds is 8. The van der Waals surface area contributed by atoms with Gasteiger partial charge in [-0.15, -0.1) is 0 Å². The molecule has 2 N–H and O–H groups in total. The van der Waals surface area contributed by atoms with Crippen LogP contribution in [0.1, 0.15) is 37.6 Å². The normalized spacial score (nSPS) is 12.4. The maximum Gasteiger partial charge on any atom is 0.326 e. The number of hydrogen-bond donors (Lipinski definition) is 2. The number of aliphatic carboxylic acids is 1. The van der Waals surface area contributed by atoms with Crippen molar-refractivity contribution in [3.05, 3.63) is 23.8 Å². The van der Waals surface area contributed by atoms with Gasteiger partial charge in [-0.05, 0) is 39.0 Å². The van der Waals surface area contributed by atoms with Gasteiger partial charge >= 0.3 is 5.97 Å². The number of methoxy groups -OCH3 is 2. The fourth-order valence-electron chi connectivity index (χ4n) is 1.97. The summed E-state index contributed by atoms with van der Waals surface area (Å²) < 4.78 is 15.8. The van der Waals surface area contributed by atoms with Gasteiger partial charge < -0.3 is 24.6 Å². The Balaban J connectivity index is 2.83. The molecule has 0 saturated carbocycles. The lowest BCUT2D eigenvalue weighted by Crippen LogP contribution is -2.42. The fourth-order valence-corrected chi connectivity index (χ4v) is 1.97. The highest BCUT2D eigenvalue weighted by molar-refractivity contribution is 5.99. The summed E-state index contributed by atoms with van der Waals surface area (Å²) in [6, 6.07) is 3.68. The molecule has 0 aliphatic heterocycles. The Hall–Kier alpha value is -2.28. The quantitative estimate of drug-likeness (QED) is 0.753. The maximum absolute atomic E-state index is 12.4. The zero-order valence-corrected chi connectivity index (χ0v) is 14.7. The van der Waals surface area contributed by atoms with Gasteiger partial charge in [-0.2, -0.15) is 0 Å². The van der Waals surface area contributed by atoms with Crippen molar-refractivity contribution in [3.63, 3.8) is 0 Å². The first-order chi connectivity index (χ1) is 11.2.